The van der Waals surface area contributed by atoms with Crippen LogP contribution in [-0.2, 0) is 0 Å². The molecule has 6 nitrogen and oxygen atoms in total. The SMILES string of the molecule is N#Cc1ccc(-c2nc3nccnc3nc2-c2ccc3cc(-n4c5cc6ccccc6cc5c5c(-c6ccc7ccccc7c6)cccc54)ccc3c2)cc1. The zero-order chi connectivity index (χ0) is 36.5. The first-order valence-electron chi connectivity index (χ1n) is 18.2. The van der Waals surface area contributed by atoms with Gasteiger partial charge in [0.05, 0.1) is 34.1 Å². The molecule has 11 aromatic rings. The first-order valence-corrected chi connectivity index (χ1v) is 18.2. The molecule has 0 atom stereocenters. The molecule has 0 saturated heterocycles. The fraction of sp³-hybridized carbons (Fsp3) is 0. The molecule has 0 aliphatic rings. The van der Waals surface area contributed by atoms with Crippen LogP contribution in [0.5, 0.6) is 0 Å². The fourth-order valence-corrected chi connectivity index (χ4v) is 8.05. The summed E-state index contributed by atoms with van der Waals surface area (Å²) in [6.45, 7) is 0. The normalized spacial score (nSPS) is 11.6. The van der Waals surface area contributed by atoms with Crippen molar-refractivity contribution in [1.29, 1.82) is 5.26 Å². The molecule has 6 heteroatoms. The molecule has 0 fully saturated rings. The highest BCUT2D eigenvalue weighted by molar-refractivity contribution is 6.19. The number of hydrogen-bond donors (Lipinski definition) is 0. The maximum atomic E-state index is 9.39. The van der Waals surface area contributed by atoms with Crippen LogP contribution in [0, 0.1) is 11.3 Å². The van der Waals surface area contributed by atoms with Crippen LogP contribution in [-0.4, -0.2) is 24.5 Å². The number of rotatable bonds is 4. The second-order valence-electron chi connectivity index (χ2n) is 13.9. The maximum absolute atomic E-state index is 9.39. The molecule has 0 aliphatic carbocycles. The summed E-state index contributed by atoms with van der Waals surface area (Å²) in [4.78, 5) is 18.8. The van der Waals surface area contributed by atoms with Crippen molar-refractivity contribution in [3.63, 3.8) is 0 Å². The zero-order valence-corrected chi connectivity index (χ0v) is 29.3. The van der Waals surface area contributed by atoms with Crippen molar-refractivity contribution in [3.8, 4) is 45.4 Å². The molecular formula is C49H28N6. The van der Waals surface area contributed by atoms with Gasteiger partial charge in [-0.05, 0) is 98.0 Å². The Morgan fingerprint density at radius 3 is 1.80 bits per heavy atom. The summed E-state index contributed by atoms with van der Waals surface area (Å²) in [7, 11) is 0. The lowest BCUT2D eigenvalue weighted by Gasteiger charge is -2.13. The summed E-state index contributed by atoms with van der Waals surface area (Å²) in [6, 6.07) is 58.0. The number of benzene rings is 8. The molecule has 0 bridgehead atoms. The van der Waals surface area contributed by atoms with Crippen molar-refractivity contribution < 1.29 is 0 Å². The molecule has 0 saturated carbocycles. The van der Waals surface area contributed by atoms with Crippen LogP contribution < -0.4 is 0 Å². The van der Waals surface area contributed by atoms with Crippen LogP contribution in [0.25, 0.3) is 105 Å². The average molecular weight is 701 g/mol. The Bertz CT molecular complexity index is 3390. The van der Waals surface area contributed by atoms with Crippen LogP contribution in [0.4, 0.5) is 0 Å². The summed E-state index contributed by atoms with van der Waals surface area (Å²) >= 11 is 0. The quantitative estimate of drug-likeness (QED) is 0.183. The van der Waals surface area contributed by atoms with E-state index in [0.29, 0.717) is 28.2 Å². The van der Waals surface area contributed by atoms with Crippen molar-refractivity contribution in [3.05, 3.63) is 176 Å². The summed E-state index contributed by atoms with van der Waals surface area (Å²) in [5, 5.41) is 18.9. The number of aromatic nitrogens is 5. The third-order valence-electron chi connectivity index (χ3n) is 10.7. The molecule has 55 heavy (non-hydrogen) atoms. The van der Waals surface area contributed by atoms with Crippen LogP contribution >= 0.6 is 0 Å². The standard InChI is InChI=1S/C49H28N6/c50-29-30-12-14-32(15-13-30)46-47(54-49-48(53-46)51-22-23-52-49)39-19-17-37-26-40(21-20-36(37)25-39)55-43-11-5-10-41(38-18-16-31-6-1-2-7-33(31)24-38)45(43)42-27-34-8-3-4-9-35(34)28-44(42)55/h1-28H. The van der Waals surface area contributed by atoms with Gasteiger partial charge < -0.3 is 4.57 Å². The number of fused-ring (bicyclic) bond motifs is 7. The Kier molecular flexibility index (Phi) is 6.82. The first kappa shape index (κ1) is 30.8. The monoisotopic (exact) mass is 700 g/mol. The predicted octanol–water partition coefficient (Wildman–Crippen LogP) is 11.8. The largest absolute Gasteiger partial charge is 0.309 e. The first-order chi connectivity index (χ1) is 27.2. The summed E-state index contributed by atoms with van der Waals surface area (Å²) in [5.41, 5.74) is 10.5. The third kappa shape index (κ3) is 5.02. The van der Waals surface area contributed by atoms with Crippen molar-refractivity contribution >= 4 is 65.4 Å². The number of hydrogen-bond acceptors (Lipinski definition) is 5. The summed E-state index contributed by atoms with van der Waals surface area (Å²) in [6.07, 6.45) is 3.25. The Balaban J connectivity index is 1.10. The minimum absolute atomic E-state index is 0.471. The Hall–Kier alpha value is -7.75. The van der Waals surface area contributed by atoms with E-state index in [4.69, 9.17) is 9.97 Å². The van der Waals surface area contributed by atoms with E-state index < -0.39 is 0 Å². The van der Waals surface area contributed by atoms with Gasteiger partial charge in [0.1, 0.15) is 0 Å². The molecule has 0 radical (unpaired) electrons. The van der Waals surface area contributed by atoms with Crippen LogP contribution in [0.1, 0.15) is 5.56 Å². The van der Waals surface area contributed by atoms with Crippen molar-refractivity contribution in [2.75, 3.05) is 0 Å². The molecule has 0 unspecified atom stereocenters. The van der Waals surface area contributed by atoms with Gasteiger partial charge in [-0.2, -0.15) is 5.26 Å². The highest BCUT2D eigenvalue weighted by atomic mass is 15.0. The van der Waals surface area contributed by atoms with E-state index in [1.807, 2.05) is 12.1 Å². The maximum Gasteiger partial charge on any atom is 0.198 e. The van der Waals surface area contributed by atoms with Gasteiger partial charge in [0, 0.05) is 40.0 Å². The van der Waals surface area contributed by atoms with E-state index in [2.05, 4.69) is 154 Å². The zero-order valence-electron chi connectivity index (χ0n) is 29.3. The van der Waals surface area contributed by atoms with E-state index in [-0.39, 0.29) is 0 Å². The molecule has 0 N–H and O–H groups in total. The Morgan fingerprint density at radius 2 is 1.04 bits per heavy atom. The van der Waals surface area contributed by atoms with Gasteiger partial charge in [-0.15, -0.1) is 0 Å². The van der Waals surface area contributed by atoms with Crippen LogP contribution in [0.15, 0.2) is 170 Å². The van der Waals surface area contributed by atoms with E-state index >= 15 is 0 Å². The highest BCUT2D eigenvalue weighted by Crippen LogP contribution is 2.41. The number of nitriles is 1. The molecule has 0 spiro atoms. The number of nitrogens with zero attached hydrogens (tertiary/aromatic N) is 6. The van der Waals surface area contributed by atoms with Crippen LogP contribution in [0.2, 0.25) is 0 Å². The van der Waals surface area contributed by atoms with Crippen molar-refractivity contribution in [2.24, 2.45) is 0 Å². The molecule has 3 aromatic heterocycles. The van der Waals surface area contributed by atoms with Crippen molar-refractivity contribution in [2.45, 2.75) is 0 Å². The minimum atomic E-state index is 0.471. The average Bonchev–Trinajstić information content (AvgIpc) is 3.57. The van der Waals surface area contributed by atoms with E-state index in [9.17, 15) is 5.26 Å². The third-order valence-corrected chi connectivity index (χ3v) is 10.7. The van der Waals surface area contributed by atoms with Gasteiger partial charge in [0.2, 0.25) is 0 Å². The summed E-state index contributed by atoms with van der Waals surface area (Å²) < 4.78 is 2.41. The van der Waals surface area contributed by atoms with Crippen molar-refractivity contribution in [1.82, 2.24) is 24.5 Å². The molecular weight excluding hydrogens is 673 g/mol. The van der Waals surface area contributed by atoms with Gasteiger partial charge in [-0.25, -0.2) is 19.9 Å². The van der Waals surface area contributed by atoms with E-state index in [0.717, 1.165) is 38.6 Å². The molecule has 0 amide bonds. The topological polar surface area (TPSA) is 80.3 Å². The minimum Gasteiger partial charge on any atom is -0.309 e. The van der Waals surface area contributed by atoms with Crippen LogP contribution in [0.3, 0.4) is 0 Å². The molecule has 8 aromatic carbocycles. The lowest BCUT2D eigenvalue weighted by molar-refractivity contribution is 1.16. The van der Waals surface area contributed by atoms with E-state index in [1.165, 1.54) is 43.4 Å². The molecule has 3 heterocycles. The van der Waals surface area contributed by atoms with Gasteiger partial charge in [-0.1, -0.05) is 103 Å². The van der Waals surface area contributed by atoms with Gasteiger partial charge >= 0.3 is 0 Å². The van der Waals surface area contributed by atoms with E-state index in [1.54, 1.807) is 24.5 Å². The lowest BCUT2D eigenvalue weighted by Crippen LogP contribution is -1.98. The Morgan fingerprint density at radius 1 is 0.455 bits per heavy atom. The predicted molar refractivity (Wildman–Crippen MR) is 223 cm³/mol. The highest BCUT2D eigenvalue weighted by Gasteiger charge is 2.19. The molecule has 0 aliphatic heterocycles. The van der Waals surface area contributed by atoms with Gasteiger partial charge in [0.25, 0.3) is 0 Å². The smallest absolute Gasteiger partial charge is 0.198 e. The van der Waals surface area contributed by atoms with Gasteiger partial charge in [-0.3, -0.25) is 0 Å². The summed E-state index contributed by atoms with van der Waals surface area (Å²) in [5.74, 6) is 0. The molecule has 254 valence electrons. The molecule has 11 rings (SSSR count). The second-order valence-corrected chi connectivity index (χ2v) is 13.9. The lowest BCUT2D eigenvalue weighted by atomic mass is 9.96. The second kappa shape index (κ2) is 12.2. The Labute approximate surface area is 315 Å². The fourth-order valence-electron chi connectivity index (χ4n) is 8.05. The van der Waals surface area contributed by atoms with Gasteiger partial charge in [0.15, 0.2) is 11.3 Å².